The summed E-state index contributed by atoms with van der Waals surface area (Å²) in [7, 11) is -1.50. The van der Waals surface area contributed by atoms with Gasteiger partial charge in [-0.2, -0.15) is 0 Å². The van der Waals surface area contributed by atoms with E-state index in [0.717, 1.165) is 6.42 Å². The number of nitrogens with zero attached hydrogens (tertiary/aromatic N) is 1. The molecule has 0 saturated carbocycles. The first-order valence-corrected chi connectivity index (χ1v) is 11.2. The third-order valence-corrected chi connectivity index (χ3v) is 6.73. The van der Waals surface area contributed by atoms with Crippen LogP contribution in [0.3, 0.4) is 0 Å². The molecule has 1 aromatic carbocycles. The normalized spacial score (nSPS) is 13.4. The SMILES string of the molecule is CN=C(NCCCS(=O)(=O)c1ccccc1)NC(C)Cc1ccc(C)s1. The maximum Gasteiger partial charge on any atom is 0.191 e. The summed E-state index contributed by atoms with van der Waals surface area (Å²) in [5.41, 5.74) is 0. The van der Waals surface area contributed by atoms with Gasteiger partial charge in [-0.05, 0) is 44.5 Å². The molecular formula is C19H27N3O2S2. The molecule has 0 fully saturated rings. The van der Waals surface area contributed by atoms with E-state index in [-0.39, 0.29) is 11.8 Å². The molecule has 0 radical (unpaired) electrons. The van der Waals surface area contributed by atoms with Crippen LogP contribution >= 0.6 is 11.3 Å². The van der Waals surface area contributed by atoms with Crippen LogP contribution in [-0.4, -0.2) is 39.8 Å². The summed E-state index contributed by atoms with van der Waals surface area (Å²) in [6, 6.07) is 13.1. The number of guanidine groups is 1. The van der Waals surface area contributed by atoms with E-state index in [1.807, 2.05) is 6.07 Å². The molecule has 142 valence electrons. The molecule has 5 nitrogen and oxygen atoms in total. The topological polar surface area (TPSA) is 70.6 Å². The summed E-state index contributed by atoms with van der Waals surface area (Å²) in [6.07, 6.45) is 1.46. The average Bonchev–Trinajstić information content (AvgIpc) is 3.03. The highest BCUT2D eigenvalue weighted by molar-refractivity contribution is 7.91. The first-order valence-electron chi connectivity index (χ1n) is 8.71. The van der Waals surface area contributed by atoms with E-state index in [9.17, 15) is 8.42 Å². The van der Waals surface area contributed by atoms with E-state index in [1.54, 1.807) is 42.6 Å². The lowest BCUT2D eigenvalue weighted by Crippen LogP contribution is -2.43. The molecule has 0 aliphatic heterocycles. The molecule has 2 rings (SSSR count). The zero-order chi connectivity index (χ0) is 19.0. The van der Waals surface area contributed by atoms with Gasteiger partial charge in [-0.3, -0.25) is 4.99 Å². The van der Waals surface area contributed by atoms with Crippen LogP contribution in [0.25, 0.3) is 0 Å². The van der Waals surface area contributed by atoms with Crippen molar-refractivity contribution in [3.63, 3.8) is 0 Å². The van der Waals surface area contributed by atoms with E-state index in [2.05, 4.69) is 41.6 Å². The molecule has 0 amide bonds. The minimum Gasteiger partial charge on any atom is -0.356 e. The summed E-state index contributed by atoms with van der Waals surface area (Å²) >= 11 is 1.81. The van der Waals surface area contributed by atoms with Crippen molar-refractivity contribution in [1.29, 1.82) is 0 Å². The number of nitrogens with one attached hydrogen (secondary N) is 2. The standard InChI is InChI=1S/C19H27N3O2S2/c1-15(14-17-11-10-16(2)25-17)22-19(20-3)21-12-7-13-26(23,24)18-8-5-4-6-9-18/h4-6,8-11,15H,7,12-14H2,1-3H3,(H2,20,21,22). The van der Waals surface area contributed by atoms with Crippen molar-refractivity contribution >= 4 is 27.1 Å². The van der Waals surface area contributed by atoms with Gasteiger partial charge in [0.05, 0.1) is 10.6 Å². The summed E-state index contributed by atoms with van der Waals surface area (Å²) in [5, 5.41) is 6.54. The van der Waals surface area contributed by atoms with Crippen LogP contribution in [0, 0.1) is 6.92 Å². The lowest BCUT2D eigenvalue weighted by Gasteiger charge is -2.17. The van der Waals surface area contributed by atoms with Gasteiger partial charge in [-0.15, -0.1) is 11.3 Å². The molecule has 0 saturated heterocycles. The predicted molar refractivity (Wildman–Crippen MR) is 110 cm³/mol. The zero-order valence-electron chi connectivity index (χ0n) is 15.5. The van der Waals surface area contributed by atoms with Crippen LogP contribution < -0.4 is 10.6 Å². The van der Waals surface area contributed by atoms with Gasteiger partial charge in [0.2, 0.25) is 0 Å². The molecule has 1 heterocycles. The second-order valence-corrected chi connectivity index (χ2v) is 9.73. The fourth-order valence-corrected chi connectivity index (χ4v) is 4.94. The van der Waals surface area contributed by atoms with Gasteiger partial charge in [0.15, 0.2) is 15.8 Å². The summed E-state index contributed by atoms with van der Waals surface area (Å²) in [5.74, 6) is 0.813. The Hall–Kier alpha value is -1.86. The first-order chi connectivity index (χ1) is 12.4. The smallest absolute Gasteiger partial charge is 0.191 e. The van der Waals surface area contributed by atoms with Gasteiger partial charge >= 0.3 is 0 Å². The largest absolute Gasteiger partial charge is 0.356 e. The fourth-order valence-electron chi connectivity index (χ4n) is 2.59. The van der Waals surface area contributed by atoms with Crippen LogP contribution in [0.15, 0.2) is 52.4 Å². The van der Waals surface area contributed by atoms with Crippen molar-refractivity contribution in [2.24, 2.45) is 4.99 Å². The molecule has 7 heteroatoms. The summed E-state index contributed by atoms with van der Waals surface area (Å²) in [6.45, 7) is 4.77. The Morgan fingerprint density at radius 3 is 2.54 bits per heavy atom. The van der Waals surface area contributed by atoms with E-state index in [0.29, 0.717) is 23.8 Å². The van der Waals surface area contributed by atoms with Crippen molar-refractivity contribution in [3.05, 3.63) is 52.2 Å². The van der Waals surface area contributed by atoms with Gasteiger partial charge < -0.3 is 10.6 Å². The van der Waals surface area contributed by atoms with Crippen LogP contribution in [0.1, 0.15) is 23.1 Å². The molecule has 0 aliphatic rings. The van der Waals surface area contributed by atoms with E-state index in [1.165, 1.54) is 9.75 Å². The maximum absolute atomic E-state index is 12.3. The van der Waals surface area contributed by atoms with E-state index >= 15 is 0 Å². The zero-order valence-corrected chi connectivity index (χ0v) is 17.2. The highest BCUT2D eigenvalue weighted by atomic mass is 32.2. The van der Waals surface area contributed by atoms with Gasteiger partial charge in [0.1, 0.15) is 0 Å². The highest BCUT2D eigenvalue weighted by Gasteiger charge is 2.13. The number of sulfone groups is 1. The van der Waals surface area contributed by atoms with Gasteiger partial charge in [0.25, 0.3) is 0 Å². The Balaban J connectivity index is 1.75. The molecule has 1 atom stereocenters. The Morgan fingerprint density at radius 1 is 1.19 bits per heavy atom. The van der Waals surface area contributed by atoms with Gasteiger partial charge in [0, 0.05) is 35.8 Å². The van der Waals surface area contributed by atoms with Crippen molar-refractivity contribution in [2.45, 2.75) is 37.6 Å². The molecule has 1 aromatic heterocycles. The molecule has 0 spiro atoms. The number of rotatable bonds is 8. The predicted octanol–water partition coefficient (Wildman–Crippen LogP) is 3.02. The van der Waals surface area contributed by atoms with Crippen LogP contribution in [0.4, 0.5) is 0 Å². The maximum atomic E-state index is 12.3. The van der Waals surface area contributed by atoms with Crippen molar-refractivity contribution in [1.82, 2.24) is 10.6 Å². The Bertz CT molecular complexity index is 814. The Labute approximate surface area is 160 Å². The van der Waals surface area contributed by atoms with E-state index < -0.39 is 9.84 Å². The van der Waals surface area contributed by atoms with Crippen LogP contribution in [0.2, 0.25) is 0 Å². The van der Waals surface area contributed by atoms with Gasteiger partial charge in [-0.1, -0.05) is 18.2 Å². The first kappa shape index (κ1) is 20.5. The molecule has 26 heavy (non-hydrogen) atoms. The highest BCUT2D eigenvalue weighted by Crippen LogP contribution is 2.16. The second-order valence-electron chi connectivity index (χ2n) is 6.25. The molecule has 0 bridgehead atoms. The third kappa shape index (κ3) is 6.46. The minimum absolute atomic E-state index is 0.116. The Kier molecular flexibility index (Phi) is 7.66. The van der Waals surface area contributed by atoms with E-state index in [4.69, 9.17) is 0 Å². The lowest BCUT2D eigenvalue weighted by molar-refractivity contribution is 0.591. The Morgan fingerprint density at radius 2 is 1.92 bits per heavy atom. The number of aliphatic imine (C=N–C) groups is 1. The molecule has 2 N–H and O–H groups in total. The minimum atomic E-state index is -3.23. The third-order valence-electron chi connectivity index (χ3n) is 3.89. The summed E-state index contributed by atoms with van der Waals surface area (Å²) in [4.78, 5) is 7.25. The van der Waals surface area contributed by atoms with Crippen molar-refractivity contribution in [3.8, 4) is 0 Å². The molecule has 1 unspecified atom stereocenters. The summed E-state index contributed by atoms with van der Waals surface area (Å²) < 4.78 is 24.5. The molecular weight excluding hydrogens is 366 g/mol. The molecule has 0 aliphatic carbocycles. The number of hydrogen-bond donors (Lipinski definition) is 2. The number of aryl methyl sites for hydroxylation is 1. The second kappa shape index (κ2) is 9.73. The van der Waals surface area contributed by atoms with Crippen LogP contribution in [-0.2, 0) is 16.3 Å². The number of benzene rings is 1. The number of thiophene rings is 1. The average molecular weight is 394 g/mol. The molecule has 2 aromatic rings. The van der Waals surface area contributed by atoms with Crippen LogP contribution in [0.5, 0.6) is 0 Å². The number of hydrogen-bond acceptors (Lipinski definition) is 4. The monoisotopic (exact) mass is 393 g/mol. The van der Waals surface area contributed by atoms with Crippen molar-refractivity contribution < 1.29 is 8.42 Å². The quantitative estimate of drug-likeness (QED) is 0.411. The van der Waals surface area contributed by atoms with Gasteiger partial charge in [-0.25, -0.2) is 8.42 Å². The van der Waals surface area contributed by atoms with Crippen molar-refractivity contribution in [2.75, 3.05) is 19.3 Å². The lowest BCUT2D eigenvalue weighted by atomic mass is 10.2. The fraction of sp³-hybridized carbons (Fsp3) is 0.421.